The maximum Gasteiger partial charge on any atom is 0.353 e. The average Bonchev–Trinajstić information content (AvgIpc) is 3.28. The molecule has 2 aliphatic rings. The minimum Gasteiger partial charge on any atom is -0.477 e. The summed E-state index contributed by atoms with van der Waals surface area (Å²) in [6.07, 6.45) is 0. The molecule has 2 aromatic rings. The molecule has 0 saturated carbocycles. The Hall–Kier alpha value is -2.38. The second-order valence-corrected chi connectivity index (χ2v) is 10.1. The van der Waals surface area contributed by atoms with Gasteiger partial charge in [0.2, 0.25) is 17.0 Å². The molecule has 0 radical (unpaired) electrons. The summed E-state index contributed by atoms with van der Waals surface area (Å²) in [6, 6.07) is 3.72. The van der Waals surface area contributed by atoms with Gasteiger partial charge in [-0.1, -0.05) is 6.07 Å². The lowest BCUT2D eigenvalue weighted by atomic mass is 9.94. The van der Waals surface area contributed by atoms with Gasteiger partial charge in [-0.15, -0.1) is 28.2 Å². The van der Waals surface area contributed by atoms with Gasteiger partial charge in [-0.2, -0.15) is 0 Å². The summed E-state index contributed by atoms with van der Waals surface area (Å²) >= 11 is 3.81. The Bertz CT molecular complexity index is 1040. The van der Waals surface area contributed by atoms with Crippen LogP contribution >= 0.6 is 34.9 Å². The van der Waals surface area contributed by atoms with Gasteiger partial charge in [0.05, 0.1) is 4.91 Å². The van der Waals surface area contributed by atoms with Crippen LogP contribution in [-0.2, 0) is 21.4 Å². The number of thioether (sulfide) groups is 2. The molecule has 29 heavy (non-hydrogen) atoms. The Kier molecular flexibility index (Phi) is 4.91. The SMILES string of the molecule is CC(=O)NC1(C)S[C@@H]2C(c3cccs3)C(=O)N2C(C(=O)O)=C1Sc1nnnn1C. The Balaban J connectivity index is 1.84. The number of carboxylic acids is 1. The van der Waals surface area contributed by atoms with E-state index >= 15 is 0 Å². The van der Waals surface area contributed by atoms with Crippen molar-refractivity contribution in [3.8, 4) is 0 Å². The van der Waals surface area contributed by atoms with Crippen molar-refractivity contribution in [2.75, 3.05) is 0 Å². The molecule has 2 unspecified atom stereocenters. The minimum atomic E-state index is -1.25. The molecule has 2 amide bonds. The molecule has 4 heterocycles. The first-order valence-electron chi connectivity index (χ1n) is 8.44. The van der Waals surface area contributed by atoms with Crippen LogP contribution in [0.25, 0.3) is 0 Å². The number of carboxylic acid groups (broad SMARTS) is 1. The van der Waals surface area contributed by atoms with Crippen LogP contribution < -0.4 is 5.32 Å². The lowest BCUT2D eigenvalue weighted by molar-refractivity contribution is -0.148. The van der Waals surface area contributed by atoms with Gasteiger partial charge in [-0.3, -0.25) is 14.5 Å². The first-order chi connectivity index (χ1) is 13.7. The van der Waals surface area contributed by atoms with Crippen LogP contribution in [0.1, 0.15) is 24.6 Å². The van der Waals surface area contributed by atoms with Gasteiger partial charge in [0.25, 0.3) is 0 Å². The van der Waals surface area contributed by atoms with Crippen molar-refractivity contribution in [2.45, 2.75) is 35.2 Å². The molecule has 2 aliphatic heterocycles. The number of nitrogens with one attached hydrogen (secondary N) is 1. The summed E-state index contributed by atoms with van der Waals surface area (Å²) in [5.41, 5.74) is -0.157. The van der Waals surface area contributed by atoms with Crippen molar-refractivity contribution >= 4 is 52.6 Å². The highest BCUT2D eigenvalue weighted by Gasteiger charge is 2.60. The lowest BCUT2D eigenvalue weighted by Gasteiger charge is -2.54. The normalized spacial score (nSPS) is 26.2. The number of β-lactam (4-membered cyclic amide) rings is 1. The first-order valence-corrected chi connectivity index (χ1v) is 11.0. The second kappa shape index (κ2) is 7.15. The van der Waals surface area contributed by atoms with E-state index in [1.807, 2.05) is 17.5 Å². The highest BCUT2D eigenvalue weighted by atomic mass is 32.2. The van der Waals surface area contributed by atoms with Gasteiger partial charge in [-0.25, -0.2) is 9.48 Å². The summed E-state index contributed by atoms with van der Waals surface area (Å²) in [6.45, 7) is 3.10. The summed E-state index contributed by atoms with van der Waals surface area (Å²) in [4.78, 5) is 38.5. The summed E-state index contributed by atoms with van der Waals surface area (Å²) < 4.78 is 1.40. The Morgan fingerprint density at radius 1 is 1.41 bits per heavy atom. The minimum absolute atomic E-state index is 0.157. The molecule has 2 N–H and O–H groups in total. The van der Waals surface area contributed by atoms with Gasteiger partial charge in [0, 0.05) is 18.8 Å². The number of aromatic nitrogens is 4. The molecule has 1 saturated heterocycles. The highest BCUT2D eigenvalue weighted by Crippen LogP contribution is 2.57. The Labute approximate surface area is 177 Å². The number of hydrogen-bond donors (Lipinski definition) is 2. The van der Waals surface area contributed by atoms with Crippen molar-refractivity contribution in [2.24, 2.45) is 7.05 Å². The van der Waals surface area contributed by atoms with Crippen LogP contribution in [0.5, 0.6) is 0 Å². The van der Waals surface area contributed by atoms with Gasteiger partial charge in [-0.05, 0) is 40.6 Å². The number of fused-ring (bicyclic) bond motifs is 1. The molecule has 0 spiro atoms. The van der Waals surface area contributed by atoms with E-state index in [1.54, 1.807) is 14.0 Å². The fourth-order valence-corrected chi connectivity index (χ4v) is 7.11. The van der Waals surface area contributed by atoms with Crippen molar-refractivity contribution in [1.29, 1.82) is 0 Å². The molecule has 2 aromatic heterocycles. The molecule has 0 aromatic carbocycles. The molecular formula is C16H16N6O4S3. The summed E-state index contributed by atoms with van der Waals surface area (Å²) in [5.74, 6) is -2.29. The van der Waals surface area contributed by atoms with E-state index in [4.69, 9.17) is 0 Å². The van der Waals surface area contributed by atoms with Crippen LogP contribution in [0.2, 0.25) is 0 Å². The maximum atomic E-state index is 12.9. The number of aliphatic carboxylic acids is 1. The number of carbonyl (C=O) groups is 3. The van der Waals surface area contributed by atoms with E-state index in [-0.39, 0.29) is 22.4 Å². The molecule has 0 aliphatic carbocycles. The number of rotatable bonds is 5. The van der Waals surface area contributed by atoms with E-state index < -0.39 is 22.1 Å². The smallest absolute Gasteiger partial charge is 0.353 e. The molecule has 1 fully saturated rings. The van der Waals surface area contributed by atoms with E-state index in [9.17, 15) is 19.5 Å². The quantitative estimate of drug-likeness (QED) is 0.643. The summed E-state index contributed by atoms with van der Waals surface area (Å²) in [7, 11) is 1.62. The lowest BCUT2D eigenvalue weighted by Crippen LogP contribution is -2.64. The predicted octanol–water partition coefficient (Wildman–Crippen LogP) is 1.21. The van der Waals surface area contributed by atoms with Crippen LogP contribution in [0, 0.1) is 0 Å². The van der Waals surface area contributed by atoms with Gasteiger partial charge in [0.15, 0.2) is 0 Å². The zero-order valence-electron chi connectivity index (χ0n) is 15.5. The van der Waals surface area contributed by atoms with Gasteiger partial charge < -0.3 is 10.4 Å². The van der Waals surface area contributed by atoms with Crippen LogP contribution in [0.3, 0.4) is 0 Å². The third-order valence-electron chi connectivity index (χ3n) is 4.53. The summed E-state index contributed by atoms with van der Waals surface area (Å²) in [5, 5.41) is 25.9. The molecule has 10 nitrogen and oxygen atoms in total. The van der Waals surface area contributed by atoms with Crippen molar-refractivity contribution in [3.05, 3.63) is 33.0 Å². The zero-order valence-corrected chi connectivity index (χ0v) is 18.0. The fourth-order valence-electron chi connectivity index (χ4n) is 3.35. The molecule has 152 valence electrons. The van der Waals surface area contributed by atoms with E-state index in [0.29, 0.717) is 5.16 Å². The third kappa shape index (κ3) is 3.22. The second-order valence-electron chi connectivity index (χ2n) is 6.59. The number of hydrogen-bond acceptors (Lipinski definition) is 9. The highest BCUT2D eigenvalue weighted by molar-refractivity contribution is 8.07. The molecule has 0 bridgehead atoms. The standard InChI is InChI=1S/C16H16N6O4S3/c1-7(23)17-16(2)11(28-15-18-19-20-21(15)3)10(14(25)26)22-12(24)9(13(22)29-16)8-5-4-6-27-8/h4-6,9,13H,1-3H3,(H,17,23)(H,25,26)/t9?,13-,16?/m1/s1. The van der Waals surface area contributed by atoms with E-state index in [2.05, 4.69) is 20.8 Å². The predicted molar refractivity (Wildman–Crippen MR) is 107 cm³/mol. The number of aryl methyl sites for hydroxylation is 1. The number of thiophene rings is 1. The molecule has 4 rings (SSSR count). The van der Waals surface area contributed by atoms with Gasteiger partial charge >= 0.3 is 5.97 Å². The topological polar surface area (TPSA) is 130 Å². The first kappa shape index (κ1) is 19.9. The Morgan fingerprint density at radius 3 is 2.72 bits per heavy atom. The van der Waals surface area contributed by atoms with Crippen molar-refractivity contribution < 1.29 is 19.5 Å². The zero-order chi connectivity index (χ0) is 20.9. The van der Waals surface area contributed by atoms with Crippen LogP contribution in [0.4, 0.5) is 0 Å². The fraction of sp³-hybridized carbons (Fsp3) is 0.375. The van der Waals surface area contributed by atoms with Crippen LogP contribution in [0.15, 0.2) is 33.3 Å². The molecule has 13 heteroatoms. The number of tetrazole rings is 1. The van der Waals surface area contributed by atoms with Crippen molar-refractivity contribution in [1.82, 2.24) is 30.4 Å². The monoisotopic (exact) mass is 452 g/mol. The Morgan fingerprint density at radius 2 is 2.17 bits per heavy atom. The number of nitrogens with zero attached hydrogens (tertiary/aromatic N) is 5. The largest absolute Gasteiger partial charge is 0.477 e. The van der Waals surface area contributed by atoms with E-state index in [0.717, 1.165) is 16.6 Å². The van der Waals surface area contributed by atoms with E-state index in [1.165, 1.54) is 39.6 Å². The average molecular weight is 453 g/mol. The van der Waals surface area contributed by atoms with Crippen LogP contribution in [-0.4, -0.2) is 58.2 Å². The van der Waals surface area contributed by atoms with Crippen molar-refractivity contribution in [3.63, 3.8) is 0 Å². The number of carbonyl (C=O) groups excluding carboxylic acids is 2. The molecular weight excluding hydrogens is 436 g/mol. The van der Waals surface area contributed by atoms with Gasteiger partial charge in [0.1, 0.15) is 21.9 Å². The number of amides is 2. The molecule has 3 atom stereocenters. The third-order valence-corrected chi connectivity index (χ3v) is 8.45. The maximum absolute atomic E-state index is 12.9.